The van der Waals surface area contributed by atoms with Crippen molar-refractivity contribution in [3.8, 4) is 0 Å². The minimum Gasteiger partial charge on any atom is -0.251 e. The van der Waals surface area contributed by atoms with E-state index in [2.05, 4.69) is 10.7 Å². The normalized spacial score (nSPS) is 27.7. The van der Waals surface area contributed by atoms with Crippen LogP contribution in [0, 0.1) is 0 Å². The molecule has 0 aromatic rings. The molecule has 0 amide bonds. The summed E-state index contributed by atoms with van der Waals surface area (Å²) < 4.78 is 0. The molecule has 1 aliphatic heterocycles. The second-order valence-corrected chi connectivity index (χ2v) is 2.64. The summed E-state index contributed by atoms with van der Waals surface area (Å²) in [6.07, 6.45) is 1.19. The molecule has 0 unspecified atom stereocenters. The van der Waals surface area contributed by atoms with Gasteiger partial charge in [0, 0.05) is 33.2 Å². The SMILES string of the molecule is CN(C)N[C@@H]1CC[N]C1. The number of hydrazine groups is 1. The van der Waals surface area contributed by atoms with Crippen LogP contribution in [0.2, 0.25) is 0 Å². The first-order chi connectivity index (χ1) is 4.29. The first-order valence-corrected chi connectivity index (χ1v) is 3.36. The smallest absolute Gasteiger partial charge is 0.0369 e. The van der Waals surface area contributed by atoms with Crippen LogP contribution in [-0.4, -0.2) is 38.2 Å². The zero-order chi connectivity index (χ0) is 6.69. The highest BCUT2D eigenvalue weighted by molar-refractivity contribution is 4.74. The summed E-state index contributed by atoms with van der Waals surface area (Å²) in [5.41, 5.74) is 3.28. The molecule has 0 aromatic heterocycles. The molecule has 1 rings (SSSR count). The quantitative estimate of drug-likeness (QED) is 0.505. The molecular weight excluding hydrogens is 114 g/mol. The molecule has 1 heterocycles. The van der Waals surface area contributed by atoms with Gasteiger partial charge >= 0.3 is 0 Å². The molecule has 1 saturated heterocycles. The van der Waals surface area contributed by atoms with Gasteiger partial charge in [-0.25, -0.2) is 5.32 Å². The zero-order valence-corrected chi connectivity index (χ0v) is 6.09. The van der Waals surface area contributed by atoms with Crippen molar-refractivity contribution < 1.29 is 0 Å². The van der Waals surface area contributed by atoms with Crippen molar-refractivity contribution in [2.45, 2.75) is 12.5 Å². The highest BCUT2D eigenvalue weighted by Gasteiger charge is 2.14. The van der Waals surface area contributed by atoms with Crippen molar-refractivity contribution in [1.82, 2.24) is 15.8 Å². The summed E-state index contributed by atoms with van der Waals surface area (Å²) in [6, 6.07) is 0.597. The Morgan fingerprint density at radius 3 is 2.78 bits per heavy atom. The third kappa shape index (κ3) is 2.30. The second kappa shape index (κ2) is 3.15. The molecule has 0 aliphatic carbocycles. The fourth-order valence-electron chi connectivity index (χ4n) is 1.06. The Balaban J connectivity index is 2.11. The van der Waals surface area contributed by atoms with E-state index in [1.165, 1.54) is 6.42 Å². The highest BCUT2D eigenvalue weighted by atomic mass is 15.5. The Labute approximate surface area is 56.4 Å². The van der Waals surface area contributed by atoms with Gasteiger partial charge < -0.3 is 0 Å². The Hall–Kier alpha value is -0.120. The molecule has 0 bridgehead atoms. The van der Waals surface area contributed by atoms with Crippen LogP contribution in [0.4, 0.5) is 0 Å². The first kappa shape index (κ1) is 6.99. The van der Waals surface area contributed by atoms with Gasteiger partial charge in [-0.3, -0.25) is 10.4 Å². The maximum Gasteiger partial charge on any atom is 0.0369 e. The molecule has 53 valence electrons. The van der Waals surface area contributed by atoms with Crippen LogP contribution in [0.25, 0.3) is 0 Å². The van der Waals surface area contributed by atoms with Crippen LogP contribution in [0.3, 0.4) is 0 Å². The molecule has 0 aromatic carbocycles. The van der Waals surface area contributed by atoms with E-state index in [0.29, 0.717) is 6.04 Å². The summed E-state index contributed by atoms with van der Waals surface area (Å²) in [4.78, 5) is 0. The number of nitrogens with one attached hydrogen (secondary N) is 1. The number of rotatable bonds is 2. The average molecular weight is 128 g/mol. The molecular formula is C6H14N3. The number of hydrogen-bond donors (Lipinski definition) is 1. The van der Waals surface area contributed by atoms with E-state index < -0.39 is 0 Å². The zero-order valence-electron chi connectivity index (χ0n) is 6.09. The van der Waals surface area contributed by atoms with E-state index in [-0.39, 0.29) is 0 Å². The topological polar surface area (TPSA) is 29.4 Å². The molecule has 1 radical (unpaired) electrons. The standard InChI is InChI=1S/C6H14N3/c1-9(2)8-6-3-4-7-5-6/h6,8H,3-5H2,1-2H3/t6-/m1/s1. The molecule has 0 spiro atoms. The minimum absolute atomic E-state index is 0.597. The van der Waals surface area contributed by atoms with Crippen LogP contribution >= 0.6 is 0 Å². The lowest BCUT2D eigenvalue weighted by Gasteiger charge is -2.16. The van der Waals surface area contributed by atoms with Crippen LogP contribution < -0.4 is 10.7 Å². The van der Waals surface area contributed by atoms with Gasteiger partial charge in [-0.05, 0) is 6.42 Å². The lowest BCUT2D eigenvalue weighted by atomic mass is 10.3. The third-order valence-corrected chi connectivity index (χ3v) is 1.43. The maximum absolute atomic E-state index is 4.23. The predicted octanol–water partition coefficient (Wildman–Crippen LogP) is -0.571. The van der Waals surface area contributed by atoms with Crippen LogP contribution in [-0.2, 0) is 0 Å². The van der Waals surface area contributed by atoms with Gasteiger partial charge in [0.05, 0.1) is 0 Å². The third-order valence-electron chi connectivity index (χ3n) is 1.43. The van der Waals surface area contributed by atoms with Crippen molar-refractivity contribution in [3.05, 3.63) is 0 Å². The van der Waals surface area contributed by atoms with Crippen molar-refractivity contribution in [2.24, 2.45) is 0 Å². The van der Waals surface area contributed by atoms with Gasteiger partial charge in [0.15, 0.2) is 0 Å². The summed E-state index contributed by atoms with van der Waals surface area (Å²) >= 11 is 0. The summed E-state index contributed by atoms with van der Waals surface area (Å²) in [5, 5.41) is 6.22. The number of nitrogens with zero attached hydrogens (tertiary/aromatic N) is 2. The fourth-order valence-corrected chi connectivity index (χ4v) is 1.06. The van der Waals surface area contributed by atoms with Gasteiger partial charge in [-0.2, -0.15) is 0 Å². The van der Waals surface area contributed by atoms with Gasteiger partial charge in [0.25, 0.3) is 0 Å². The van der Waals surface area contributed by atoms with Gasteiger partial charge in [-0.1, -0.05) is 0 Å². The molecule has 9 heavy (non-hydrogen) atoms. The van der Waals surface area contributed by atoms with Crippen molar-refractivity contribution in [3.63, 3.8) is 0 Å². The van der Waals surface area contributed by atoms with Crippen LogP contribution in [0.1, 0.15) is 6.42 Å². The second-order valence-electron chi connectivity index (χ2n) is 2.64. The predicted molar refractivity (Wildman–Crippen MR) is 37.1 cm³/mol. The van der Waals surface area contributed by atoms with Crippen molar-refractivity contribution in [2.75, 3.05) is 27.2 Å². The van der Waals surface area contributed by atoms with E-state index >= 15 is 0 Å². The summed E-state index contributed by atoms with van der Waals surface area (Å²) in [5.74, 6) is 0. The fraction of sp³-hybridized carbons (Fsp3) is 1.00. The largest absolute Gasteiger partial charge is 0.251 e. The lowest BCUT2D eigenvalue weighted by molar-refractivity contribution is 0.249. The number of hydrogen-bond acceptors (Lipinski definition) is 2. The molecule has 1 atom stereocenters. The van der Waals surface area contributed by atoms with Crippen molar-refractivity contribution in [1.29, 1.82) is 0 Å². The van der Waals surface area contributed by atoms with E-state index in [4.69, 9.17) is 0 Å². The summed E-state index contributed by atoms with van der Waals surface area (Å²) in [7, 11) is 4.02. The molecule has 1 aliphatic rings. The van der Waals surface area contributed by atoms with E-state index in [1.54, 1.807) is 0 Å². The molecule has 1 fully saturated rings. The maximum atomic E-state index is 4.23. The monoisotopic (exact) mass is 128 g/mol. The van der Waals surface area contributed by atoms with Gasteiger partial charge in [-0.15, -0.1) is 0 Å². The minimum atomic E-state index is 0.597. The van der Waals surface area contributed by atoms with E-state index in [9.17, 15) is 0 Å². The highest BCUT2D eigenvalue weighted by Crippen LogP contribution is 1.97. The summed E-state index contributed by atoms with van der Waals surface area (Å²) in [6.45, 7) is 2.02. The first-order valence-electron chi connectivity index (χ1n) is 3.36. The Bertz CT molecular complexity index is 76.4. The van der Waals surface area contributed by atoms with Gasteiger partial charge in [0.2, 0.25) is 0 Å². The van der Waals surface area contributed by atoms with Gasteiger partial charge in [0.1, 0.15) is 0 Å². The molecule has 3 nitrogen and oxygen atoms in total. The molecule has 0 saturated carbocycles. The van der Waals surface area contributed by atoms with Crippen LogP contribution in [0.5, 0.6) is 0 Å². The van der Waals surface area contributed by atoms with E-state index in [0.717, 1.165) is 13.1 Å². The Morgan fingerprint density at radius 1 is 1.56 bits per heavy atom. The Morgan fingerprint density at radius 2 is 2.33 bits per heavy atom. The van der Waals surface area contributed by atoms with E-state index in [1.807, 2.05) is 19.1 Å². The average Bonchev–Trinajstić information content (AvgIpc) is 2.15. The van der Waals surface area contributed by atoms with Crippen LogP contribution in [0.15, 0.2) is 0 Å². The molecule has 1 N–H and O–H groups in total. The Kier molecular flexibility index (Phi) is 2.45. The molecule has 3 heteroatoms. The lowest BCUT2D eigenvalue weighted by Crippen LogP contribution is -2.40. The van der Waals surface area contributed by atoms with Crippen molar-refractivity contribution >= 4 is 0 Å².